The van der Waals surface area contributed by atoms with Crippen molar-refractivity contribution in [1.29, 1.82) is 0 Å². The van der Waals surface area contributed by atoms with E-state index in [4.69, 9.17) is 4.74 Å². The molecule has 0 aromatic carbocycles. The number of nitrogens with one attached hydrogen (secondary N) is 1. The van der Waals surface area contributed by atoms with Crippen molar-refractivity contribution in [2.45, 2.75) is 38.1 Å². The molecular weight excluding hydrogens is 214 g/mol. The van der Waals surface area contributed by atoms with Crippen LogP contribution in [0.5, 0.6) is 0 Å². The molecule has 2 rings (SSSR count). The number of ether oxygens (including phenoxy) is 1. The largest absolute Gasteiger partial charge is 0.385 e. The molecule has 0 radical (unpaired) electrons. The Labute approximate surface area is 103 Å². The smallest absolute Gasteiger partial charge is 0.0950 e. The Morgan fingerprint density at radius 3 is 3.00 bits per heavy atom. The van der Waals surface area contributed by atoms with Crippen LogP contribution in [0.2, 0.25) is 0 Å². The maximum atomic E-state index is 5.15. The number of rotatable bonds is 5. The predicted molar refractivity (Wildman–Crippen MR) is 68.3 cm³/mol. The van der Waals surface area contributed by atoms with E-state index in [1.54, 1.807) is 7.11 Å². The maximum absolute atomic E-state index is 5.15. The summed E-state index contributed by atoms with van der Waals surface area (Å²) in [7, 11) is 1.76. The first-order valence-corrected chi connectivity index (χ1v) is 6.54. The van der Waals surface area contributed by atoms with Crippen LogP contribution >= 0.6 is 0 Å². The lowest BCUT2D eigenvalue weighted by Crippen LogP contribution is -2.28. The molecule has 1 atom stereocenters. The first-order valence-electron chi connectivity index (χ1n) is 6.54. The van der Waals surface area contributed by atoms with Gasteiger partial charge in [-0.1, -0.05) is 0 Å². The highest BCUT2D eigenvalue weighted by atomic mass is 16.5. The van der Waals surface area contributed by atoms with Crippen molar-refractivity contribution in [3.63, 3.8) is 0 Å². The molecule has 0 spiro atoms. The molecule has 0 aliphatic carbocycles. The van der Waals surface area contributed by atoms with Gasteiger partial charge in [-0.05, 0) is 39.3 Å². The Bertz CT molecular complexity index is 331. The third-order valence-corrected chi connectivity index (χ3v) is 3.67. The Morgan fingerprint density at radius 1 is 1.53 bits per heavy atom. The van der Waals surface area contributed by atoms with Crippen molar-refractivity contribution < 1.29 is 4.74 Å². The molecule has 0 bridgehead atoms. The van der Waals surface area contributed by atoms with Gasteiger partial charge in [0, 0.05) is 37.6 Å². The number of methoxy groups -OCH3 is 1. The molecule has 1 saturated heterocycles. The molecule has 1 aliphatic rings. The molecule has 1 aromatic rings. The predicted octanol–water partition coefficient (Wildman–Crippen LogP) is 1.95. The van der Waals surface area contributed by atoms with Gasteiger partial charge in [-0.3, -0.25) is 0 Å². The van der Waals surface area contributed by atoms with Gasteiger partial charge in [-0.15, -0.1) is 0 Å². The fourth-order valence-corrected chi connectivity index (χ4v) is 2.54. The SMILES string of the molecule is COCCC(C)n1cncc1C1CCNCC1. The first kappa shape index (κ1) is 12.6. The fraction of sp³-hybridized carbons (Fsp3) is 0.769. The normalized spacial score (nSPS) is 19.4. The van der Waals surface area contributed by atoms with Crippen molar-refractivity contribution in [2.24, 2.45) is 0 Å². The molecule has 17 heavy (non-hydrogen) atoms. The van der Waals surface area contributed by atoms with Crippen molar-refractivity contribution in [2.75, 3.05) is 26.8 Å². The molecule has 2 heterocycles. The van der Waals surface area contributed by atoms with Gasteiger partial charge in [0.05, 0.1) is 6.33 Å². The quantitative estimate of drug-likeness (QED) is 0.850. The molecule has 1 N–H and O–H groups in total. The average molecular weight is 237 g/mol. The zero-order valence-corrected chi connectivity index (χ0v) is 10.9. The van der Waals surface area contributed by atoms with Gasteiger partial charge in [0.25, 0.3) is 0 Å². The van der Waals surface area contributed by atoms with Gasteiger partial charge < -0.3 is 14.6 Å². The molecule has 0 saturated carbocycles. The van der Waals surface area contributed by atoms with Crippen LogP contribution in [-0.2, 0) is 4.74 Å². The highest BCUT2D eigenvalue weighted by molar-refractivity contribution is 5.09. The summed E-state index contributed by atoms with van der Waals surface area (Å²) in [5, 5.41) is 3.41. The minimum absolute atomic E-state index is 0.474. The second-order valence-corrected chi connectivity index (χ2v) is 4.88. The topological polar surface area (TPSA) is 39.1 Å². The molecule has 4 nitrogen and oxygen atoms in total. The summed E-state index contributed by atoms with van der Waals surface area (Å²) in [6.45, 7) is 5.31. The van der Waals surface area contributed by atoms with E-state index in [0.29, 0.717) is 12.0 Å². The minimum atomic E-state index is 0.474. The standard InChI is InChI=1S/C13H23N3O/c1-11(5-8-17-2)16-10-15-9-13(16)12-3-6-14-7-4-12/h9-12,14H,3-8H2,1-2H3. The third kappa shape index (κ3) is 3.07. The molecule has 1 unspecified atom stereocenters. The van der Waals surface area contributed by atoms with Gasteiger partial charge in [-0.25, -0.2) is 4.98 Å². The van der Waals surface area contributed by atoms with E-state index in [9.17, 15) is 0 Å². The van der Waals surface area contributed by atoms with Crippen molar-refractivity contribution in [3.05, 3.63) is 18.2 Å². The summed E-state index contributed by atoms with van der Waals surface area (Å²) >= 11 is 0. The third-order valence-electron chi connectivity index (χ3n) is 3.67. The van der Waals surface area contributed by atoms with E-state index in [1.807, 2.05) is 12.5 Å². The summed E-state index contributed by atoms with van der Waals surface area (Å²) in [6, 6.07) is 0.474. The lowest BCUT2D eigenvalue weighted by atomic mass is 9.94. The van der Waals surface area contributed by atoms with Crippen LogP contribution in [0.4, 0.5) is 0 Å². The zero-order valence-electron chi connectivity index (χ0n) is 10.9. The number of piperidine rings is 1. The maximum Gasteiger partial charge on any atom is 0.0950 e. The van der Waals surface area contributed by atoms with Crippen molar-refractivity contribution in [1.82, 2.24) is 14.9 Å². The van der Waals surface area contributed by atoms with Crippen LogP contribution in [0, 0.1) is 0 Å². The monoisotopic (exact) mass is 237 g/mol. The molecule has 4 heteroatoms. The summed E-state index contributed by atoms with van der Waals surface area (Å²) in [6.07, 6.45) is 7.51. The summed E-state index contributed by atoms with van der Waals surface area (Å²) in [4.78, 5) is 4.33. The summed E-state index contributed by atoms with van der Waals surface area (Å²) in [5.74, 6) is 0.670. The van der Waals surface area contributed by atoms with Gasteiger partial charge in [0.15, 0.2) is 0 Å². The van der Waals surface area contributed by atoms with Crippen LogP contribution in [0.3, 0.4) is 0 Å². The molecule has 0 amide bonds. The van der Waals surface area contributed by atoms with Crippen molar-refractivity contribution >= 4 is 0 Å². The van der Waals surface area contributed by atoms with Gasteiger partial charge >= 0.3 is 0 Å². The van der Waals surface area contributed by atoms with Crippen LogP contribution in [0.25, 0.3) is 0 Å². The zero-order chi connectivity index (χ0) is 12.1. The number of imidazole rings is 1. The highest BCUT2D eigenvalue weighted by Gasteiger charge is 2.20. The molecule has 96 valence electrons. The lowest BCUT2D eigenvalue weighted by molar-refractivity contribution is 0.180. The Morgan fingerprint density at radius 2 is 2.29 bits per heavy atom. The van der Waals surface area contributed by atoms with Crippen LogP contribution in [-0.4, -0.2) is 36.4 Å². The number of hydrogen-bond acceptors (Lipinski definition) is 3. The van der Waals surface area contributed by atoms with E-state index in [2.05, 4.69) is 21.8 Å². The molecule has 1 aliphatic heterocycles. The highest BCUT2D eigenvalue weighted by Crippen LogP contribution is 2.27. The first-order chi connectivity index (χ1) is 8.33. The van der Waals surface area contributed by atoms with Crippen LogP contribution in [0.1, 0.15) is 43.8 Å². The second-order valence-electron chi connectivity index (χ2n) is 4.88. The molecule has 1 fully saturated rings. The van der Waals surface area contributed by atoms with E-state index in [-0.39, 0.29) is 0 Å². The van der Waals surface area contributed by atoms with E-state index in [1.165, 1.54) is 18.5 Å². The Kier molecular flexibility index (Phi) is 4.57. The lowest BCUT2D eigenvalue weighted by Gasteiger charge is -2.25. The Hall–Kier alpha value is -0.870. The van der Waals surface area contributed by atoms with E-state index >= 15 is 0 Å². The summed E-state index contributed by atoms with van der Waals surface area (Å²) < 4.78 is 7.48. The van der Waals surface area contributed by atoms with Crippen LogP contribution < -0.4 is 5.32 Å². The van der Waals surface area contributed by atoms with Crippen LogP contribution in [0.15, 0.2) is 12.5 Å². The number of nitrogens with zero attached hydrogens (tertiary/aromatic N) is 2. The van der Waals surface area contributed by atoms with Gasteiger partial charge in [-0.2, -0.15) is 0 Å². The number of aromatic nitrogens is 2. The van der Waals surface area contributed by atoms with E-state index < -0.39 is 0 Å². The van der Waals surface area contributed by atoms with Gasteiger partial charge in [0.2, 0.25) is 0 Å². The second kappa shape index (κ2) is 6.17. The Balaban J connectivity index is 2.04. The van der Waals surface area contributed by atoms with Gasteiger partial charge in [0.1, 0.15) is 0 Å². The number of hydrogen-bond donors (Lipinski definition) is 1. The average Bonchev–Trinajstić information content (AvgIpc) is 2.86. The summed E-state index contributed by atoms with van der Waals surface area (Å²) in [5.41, 5.74) is 1.40. The van der Waals surface area contributed by atoms with E-state index in [0.717, 1.165) is 26.1 Å². The fourth-order valence-electron chi connectivity index (χ4n) is 2.54. The molecule has 1 aromatic heterocycles. The molecular formula is C13H23N3O. The van der Waals surface area contributed by atoms with Crippen molar-refractivity contribution in [3.8, 4) is 0 Å². The minimum Gasteiger partial charge on any atom is -0.385 e.